The van der Waals surface area contributed by atoms with Crippen LogP contribution in [0.4, 0.5) is 0 Å². The van der Waals surface area contributed by atoms with Crippen LogP contribution in [0.25, 0.3) is 0 Å². The molecule has 1 atom stereocenters. The number of thioether (sulfide) groups is 1. The number of ether oxygens (including phenoxy) is 1. The van der Waals surface area contributed by atoms with Crippen LogP contribution in [0.2, 0.25) is 0 Å². The molecule has 1 fully saturated rings. The van der Waals surface area contributed by atoms with E-state index >= 15 is 0 Å². The Morgan fingerprint density at radius 3 is 2.59 bits per heavy atom. The number of nitrogens with one attached hydrogen (secondary N) is 2. The zero-order valence-corrected chi connectivity index (χ0v) is 18.0. The number of hydrogen-bond donors (Lipinski definition) is 2. The minimum Gasteiger partial charge on any atom is -0.377 e. The van der Waals surface area contributed by atoms with Gasteiger partial charge in [0.1, 0.15) is 0 Å². The fourth-order valence-corrected chi connectivity index (χ4v) is 5.11. The average Bonchev–Trinajstić information content (AvgIpc) is 3.25. The summed E-state index contributed by atoms with van der Waals surface area (Å²) in [4.78, 5) is 13.7. The second-order valence-corrected chi connectivity index (χ2v) is 9.85. The largest absolute Gasteiger partial charge is 0.377 e. The Labute approximate surface area is 176 Å². The molecule has 6 nitrogen and oxygen atoms in total. The van der Waals surface area contributed by atoms with Crippen molar-refractivity contribution in [1.82, 2.24) is 10.0 Å². The summed E-state index contributed by atoms with van der Waals surface area (Å²) in [6.07, 6.45) is 2.40. The van der Waals surface area contributed by atoms with Crippen LogP contribution in [-0.2, 0) is 27.1 Å². The zero-order chi connectivity index (χ0) is 20.7. The van der Waals surface area contributed by atoms with Gasteiger partial charge >= 0.3 is 0 Å². The molecule has 1 unspecified atom stereocenters. The van der Waals surface area contributed by atoms with Crippen LogP contribution in [0.1, 0.15) is 34.3 Å². The Bertz CT molecular complexity index is 941. The lowest BCUT2D eigenvalue weighted by Crippen LogP contribution is -2.25. The second-order valence-electron chi connectivity index (χ2n) is 6.86. The van der Waals surface area contributed by atoms with Crippen LogP contribution < -0.4 is 10.0 Å². The number of carbonyl (C=O) groups excluding carboxylic acids is 1. The molecule has 2 N–H and O–H groups in total. The normalized spacial score (nSPS) is 16.7. The molecule has 2 aromatic carbocycles. The van der Waals surface area contributed by atoms with E-state index in [2.05, 4.69) is 10.0 Å². The summed E-state index contributed by atoms with van der Waals surface area (Å²) in [5.41, 5.74) is 2.07. The Hall–Kier alpha value is -1.87. The number of benzene rings is 2. The van der Waals surface area contributed by atoms with E-state index in [0.717, 1.165) is 35.7 Å². The standard InChI is InChI=1S/C21H26N2O4S2/c1-22-29(25,26)15-17-8-3-2-7-16(17)13-23-21(24)19-10-4-5-11-20(19)28-14-18-9-6-12-27-18/h2-5,7-8,10-11,18,22H,6,9,12-15H2,1H3,(H,23,24). The highest BCUT2D eigenvalue weighted by molar-refractivity contribution is 7.99. The van der Waals surface area contributed by atoms with Gasteiger partial charge in [-0.15, -0.1) is 11.8 Å². The van der Waals surface area contributed by atoms with Crippen LogP contribution in [-0.4, -0.2) is 39.8 Å². The third-order valence-corrected chi connectivity index (χ3v) is 7.31. The van der Waals surface area contributed by atoms with Gasteiger partial charge in [-0.3, -0.25) is 4.79 Å². The number of carbonyl (C=O) groups is 1. The highest BCUT2D eigenvalue weighted by Gasteiger charge is 2.18. The maximum Gasteiger partial charge on any atom is 0.252 e. The van der Waals surface area contributed by atoms with Gasteiger partial charge < -0.3 is 10.1 Å². The summed E-state index contributed by atoms with van der Waals surface area (Å²) >= 11 is 1.63. The smallest absolute Gasteiger partial charge is 0.252 e. The maximum absolute atomic E-state index is 12.8. The van der Waals surface area contributed by atoms with Crippen LogP contribution in [0.15, 0.2) is 53.4 Å². The van der Waals surface area contributed by atoms with Gasteiger partial charge in [0.2, 0.25) is 10.0 Å². The highest BCUT2D eigenvalue weighted by Crippen LogP contribution is 2.27. The third kappa shape index (κ3) is 6.30. The van der Waals surface area contributed by atoms with E-state index in [9.17, 15) is 13.2 Å². The number of amides is 1. The molecule has 0 aromatic heterocycles. The fourth-order valence-electron chi connectivity index (χ4n) is 3.16. The first-order chi connectivity index (χ1) is 14.0. The molecule has 1 amide bonds. The molecule has 0 aliphatic carbocycles. The lowest BCUT2D eigenvalue weighted by Gasteiger charge is -2.14. The SMILES string of the molecule is CNS(=O)(=O)Cc1ccccc1CNC(=O)c1ccccc1SCC1CCCO1. The Morgan fingerprint density at radius 1 is 1.14 bits per heavy atom. The van der Waals surface area contributed by atoms with Gasteiger partial charge in [0, 0.05) is 23.8 Å². The van der Waals surface area contributed by atoms with E-state index in [0.29, 0.717) is 11.1 Å². The van der Waals surface area contributed by atoms with Gasteiger partial charge in [-0.1, -0.05) is 36.4 Å². The van der Waals surface area contributed by atoms with E-state index in [1.807, 2.05) is 36.4 Å². The van der Waals surface area contributed by atoms with Gasteiger partial charge in [0.25, 0.3) is 5.91 Å². The van der Waals surface area contributed by atoms with Crippen molar-refractivity contribution in [3.8, 4) is 0 Å². The van der Waals surface area contributed by atoms with Crippen molar-refractivity contribution in [3.05, 3.63) is 65.2 Å². The van der Waals surface area contributed by atoms with Gasteiger partial charge in [0.15, 0.2) is 0 Å². The van der Waals surface area contributed by atoms with Crippen molar-refractivity contribution in [2.24, 2.45) is 0 Å². The fraction of sp³-hybridized carbons (Fsp3) is 0.381. The first-order valence-corrected chi connectivity index (χ1v) is 12.2. The molecule has 1 heterocycles. The molecule has 0 bridgehead atoms. The summed E-state index contributed by atoms with van der Waals surface area (Å²) in [7, 11) is -1.99. The van der Waals surface area contributed by atoms with Crippen LogP contribution in [0.3, 0.4) is 0 Å². The molecular weight excluding hydrogens is 408 g/mol. The molecule has 1 aliphatic rings. The second kappa shape index (κ2) is 10.2. The predicted octanol–water partition coefficient (Wildman–Crippen LogP) is 2.94. The highest BCUT2D eigenvalue weighted by atomic mass is 32.2. The molecule has 2 aromatic rings. The van der Waals surface area contributed by atoms with Crippen molar-refractivity contribution >= 4 is 27.7 Å². The lowest BCUT2D eigenvalue weighted by atomic mass is 10.1. The molecule has 29 heavy (non-hydrogen) atoms. The summed E-state index contributed by atoms with van der Waals surface area (Å²) in [6.45, 7) is 1.08. The van der Waals surface area contributed by atoms with E-state index in [4.69, 9.17) is 4.74 Å². The van der Waals surface area contributed by atoms with Gasteiger partial charge in [-0.2, -0.15) is 0 Å². The lowest BCUT2D eigenvalue weighted by molar-refractivity contribution is 0.0947. The maximum atomic E-state index is 12.8. The van der Waals surface area contributed by atoms with Crippen molar-refractivity contribution in [2.45, 2.75) is 36.1 Å². The number of hydrogen-bond acceptors (Lipinski definition) is 5. The molecule has 1 aliphatic heterocycles. The number of sulfonamides is 1. The quantitative estimate of drug-likeness (QED) is 0.593. The van der Waals surface area contributed by atoms with Crippen molar-refractivity contribution in [2.75, 3.05) is 19.4 Å². The van der Waals surface area contributed by atoms with E-state index in [-0.39, 0.29) is 24.3 Å². The minimum absolute atomic E-state index is 0.122. The summed E-state index contributed by atoms with van der Waals surface area (Å²) in [5.74, 6) is 0.532. The van der Waals surface area contributed by atoms with Crippen molar-refractivity contribution < 1.29 is 17.9 Å². The van der Waals surface area contributed by atoms with E-state index < -0.39 is 10.0 Å². The monoisotopic (exact) mass is 434 g/mol. The topological polar surface area (TPSA) is 84.5 Å². The average molecular weight is 435 g/mol. The minimum atomic E-state index is -3.39. The first kappa shape index (κ1) is 21.8. The molecule has 0 saturated carbocycles. The third-order valence-electron chi connectivity index (χ3n) is 4.79. The molecule has 8 heteroatoms. The molecule has 0 spiro atoms. The molecule has 156 valence electrons. The van der Waals surface area contributed by atoms with Crippen molar-refractivity contribution in [3.63, 3.8) is 0 Å². The Morgan fingerprint density at radius 2 is 1.86 bits per heavy atom. The molecule has 1 saturated heterocycles. The van der Waals surface area contributed by atoms with Crippen LogP contribution >= 0.6 is 11.8 Å². The van der Waals surface area contributed by atoms with Gasteiger partial charge in [-0.05, 0) is 43.1 Å². The summed E-state index contributed by atoms with van der Waals surface area (Å²) in [6, 6.07) is 14.8. The molecule has 0 radical (unpaired) electrons. The Kier molecular flexibility index (Phi) is 7.71. The van der Waals surface area contributed by atoms with Gasteiger partial charge in [0.05, 0.1) is 17.4 Å². The zero-order valence-electron chi connectivity index (χ0n) is 16.4. The van der Waals surface area contributed by atoms with Crippen LogP contribution in [0, 0.1) is 0 Å². The first-order valence-electron chi connectivity index (χ1n) is 9.58. The van der Waals surface area contributed by atoms with Crippen molar-refractivity contribution in [1.29, 1.82) is 0 Å². The molecular formula is C21H26N2O4S2. The predicted molar refractivity (Wildman–Crippen MR) is 115 cm³/mol. The van der Waals surface area contributed by atoms with Crippen LogP contribution in [0.5, 0.6) is 0 Å². The Balaban J connectivity index is 1.66. The number of rotatable bonds is 9. The summed E-state index contributed by atoms with van der Waals surface area (Å²) < 4.78 is 31.8. The van der Waals surface area contributed by atoms with E-state index in [1.54, 1.807) is 23.9 Å². The molecule has 3 rings (SSSR count). The summed E-state index contributed by atoms with van der Waals surface area (Å²) in [5, 5.41) is 2.93. The van der Waals surface area contributed by atoms with Gasteiger partial charge in [-0.25, -0.2) is 13.1 Å². The van der Waals surface area contributed by atoms with E-state index in [1.165, 1.54) is 7.05 Å².